The Morgan fingerprint density at radius 1 is 0.615 bits per heavy atom. The van der Waals surface area contributed by atoms with E-state index in [1.54, 1.807) is 0 Å². The average molecular weight is 750 g/mol. The van der Waals surface area contributed by atoms with Gasteiger partial charge in [-0.15, -0.1) is 0 Å². The van der Waals surface area contributed by atoms with Gasteiger partial charge in [0.2, 0.25) is 0 Å². The molecular weight excluding hydrogens is 673 g/mol. The molecule has 0 radical (unpaired) electrons. The maximum absolute atomic E-state index is 12.6. The molecule has 0 saturated carbocycles. The summed E-state index contributed by atoms with van der Waals surface area (Å²) in [5.74, 6) is -0.360. The van der Waals surface area contributed by atoms with Crippen molar-refractivity contribution in [2.45, 2.75) is 142 Å². The molecule has 0 rings (SSSR count). The molecule has 9 heteroatoms. The van der Waals surface area contributed by atoms with Crippen LogP contribution in [-0.4, -0.2) is 70.7 Å². The van der Waals surface area contributed by atoms with Gasteiger partial charge in [-0.05, 0) is 57.8 Å². The van der Waals surface area contributed by atoms with Crippen molar-refractivity contribution in [3.05, 3.63) is 72.9 Å². The van der Waals surface area contributed by atoms with Gasteiger partial charge in [-0.25, -0.2) is 0 Å². The summed E-state index contributed by atoms with van der Waals surface area (Å²) in [6.45, 7) is 5.10. The number of nitrogens with zero attached hydrogens (tertiary/aromatic N) is 1. The number of hydrogen-bond donors (Lipinski definition) is 0. The highest BCUT2D eigenvalue weighted by Gasteiger charge is 2.20. The molecule has 2 unspecified atom stereocenters. The van der Waals surface area contributed by atoms with Crippen LogP contribution in [0.2, 0.25) is 0 Å². The second kappa shape index (κ2) is 35.9. The van der Waals surface area contributed by atoms with Crippen LogP contribution in [0.3, 0.4) is 0 Å². The molecule has 0 spiro atoms. The topological polar surface area (TPSA) is 94.1 Å². The van der Waals surface area contributed by atoms with Crippen molar-refractivity contribution in [2.24, 2.45) is 0 Å². The van der Waals surface area contributed by atoms with Gasteiger partial charge >= 0.3 is 5.97 Å². The van der Waals surface area contributed by atoms with Gasteiger partial charge in [0.05, 0.1) is 34.4 Å². The quantitative estimate of drug-likeness (QED) is 0.0207. The first-order valence-corrected chi connectivity index (χ1v) is 21.6. The van der Waals surface area contributed by atoms with Gasteiger partial charge in [0.25, 0.3) is 7.82 Å². The van der Waals surface area contributed by atoms with Crippen molar-refractivity contribution in [1.82, 2.24) is 0 Å². The van der Waals surface area contributed by atoms with Crippen LogP contribution in [0, 0.1) is 0 Å². The number of allylic oxidation sites excluding steroid dienone is 12. The van der Waals surface area contributed by atoms with Gasteiger partial charge < -0.3 is 27.9 Å². The fraction of sp³-hybridized carbons (Fsp3) is 0.698. The number of hydrogen-bond acceptors (Lipinski definition) is 7. The number of phosphoric ester groups is 1. The maximum atomic E-state index is 12.6. The van der Waals surface area contributed by atoms with E-state index in [1.807, 2.05) is 21.1 Å². The standard InChI is InChI=1S/C43H76NO7P/c1-6-8-10-12-14-16-18-19-20-21-22-23-24-25-26-27-29-31-33-35-38-48-40-42(41-50-52(46,47)49-39-37-44(3,4)5)51-43(45)36-34-32-30-28-17-15-13-11-9-7-2/h8,10,14,16,19-20,22-23,25-26,29,31,42H,6-7,9,11-13,15,17-18,21,24,27-28,30,32-41H2,1-5H3/b10-8-,16-14-,20-19-,23-22-,26-25-,31-29-. The van der Waals surface area contributed by atoms with E-state index in [1.165, 1.54) is 44.9 Å². The zero-order chi connectivity index (χ0) is 38.4. The number of rotatable bonds is 36. The second-order valence-electron chi connectivity index (χ2n) is 14.3. The number of carbonyl (C=O) groups excluding carboxylic acids is 1. The number of quaternary nitrogens is 1. The molecule has 0 aromatic rings. The second-order valence-corrected chi connectivity index (χ2v) is 15.7. The Labute approximate surface area is 319 Å². The first-order valence-electron chi connectivity index (χ1n) is 20.2. The summed E-state index contributed by atoms with van der Waals surface area (Å²) >= 11 is 0. The highest BCUT2D eigenvalue weighted by molar-refractivity contribution is 7.45. The first-order chi connectivity index (χ1) is 25.1. The average Bonchev–Trinajstić information content (AvgIpc) is 3.09. The minimum Gasteiger partial charge on any atom is -0.756 e. The van der Waals surface area contributed by atoms with Crippen LogP contribution in [0.5, 0.6) is 0 Å². The molecule has 52 heavy (non-hydrogen) atoms. The molecule has 0 aliphatic rings. The first kappa shape index (κ1) is 49.9. The molecule has 0 N–H and O–H groups in total. The Balaban J connectivity index is 4.37. The number of phosphoric acid groups is 1. The Kier molecular flexibility index (Phi) is 34.5. The summed E-state index contributed by atoms with van der Waals surface area (Å²) in [7, 11) is 1.31. The highest BCUT2D eigenvalue weighted by atomic mass is 31.2. The smallest absolute Gasteiger partial charge is 0.306 e. The summed E-state index contributed by atoms with van der Waals surface area (Å²) < 4.78 is 34.4. The molecule has 0 amide bonds. The summed E-state index contributed by atoms with van der Waals surface area (Å²) in [6, 6.07) is 0. The molecule has 2 atom stereocenters. The van der Waals surface area contributed by atoms with Gasteiger partial charge in [-0.1, -0.05) is 145 Å². The van der Waals surface area contributed by atoms with Crippen LogP contribution in [0.1, 0.15) is 136 Å². The minimum atomic E-state index is -4.54. The monoisotopic (exact) mass is 750 g/mol. The van der Waals surface area contributed by atoms with E-state index in [0.717, 1.165) is 70.6 Å². The minimum absolute atomic E-state index is 0.0125. The van der Waals surface area contributed by atoms with Gasteiger partial charge in [-0.3, -0.25) is 9.36 Å². The lowest BCUT2D eigenvalue weighted by atomic mass is 10.1. The van der Waals surface area contributed by atoms with Crippen molar-refractivity contribution >= 4 is 13.8 Å². The molecule has 0 heterocycles. The maximum Gasteiger partial charge on any atom is 0.306 e. The van der Waals surface area contributed by atoms with Gasteiger partial charge in [-0.2, -0.15) is 0 Å². The van der Waals surface area contributed by atoms with Crippen molar-refractivity contribution in [1.29, 1.82) is 0 Å². The lowest BCUT2D eigenvalue weighted by molar-refractivity contribution is -0.870. The van der Waals surface area contributed by atoms with E-state index in [-0.39, 0.29) is 25.8 Å². The van der Waals surface area contributed by atoms with Crippen molar-refractivity contribution < 1.29 is 37.3 Å². The van der Waals surface area contributed by atoms with Crippen LogP contribution in [0.4, 0.5) is 0 Å². The molecule has 0 bridgehead atoms. The highest BCUT2D eigenvalue weighted by Crippen LogP contribution is 2.38. The number of carbonyl (C=O) groups is 1. The van der Waals surface area contributed by atoms with Crippen LogP contribution < -0.4 is 4.89 Å². The molecule has 0 fully saturated rings. The van der Waals surface area contributed by atoms with E-state index in [2.05, 4.69) is 86.8 Å². The number of unbranched alkanes of at least 4 members (excludes halogenated alkanes) is 10. The van der Waals surface area contributed by atoms with E-state index in [9.17, 15) is 14.3 Å². The van der Waals surface area contributed by atoms with Crippen LogP contribution >= 0.6 is 7.82 Å². The van der Waals surface area contributed by atoms with E-state index in [4.69, 9.17) is 18.5 Å². The molecular formula is C43H76NO7P. The number of ether oxygens (including phenoxy) is 2. The van der Waals surface area contributed by atoms with Crippen LogP contribution in [0.25, 0.3) is 0 Å². The Bertz CT molecular complexity index is 1060. The normalized spacial score (nSPS) is 14.7. The zero-order valence-corrected chi connectivity index (χ0v) is 34.6. The zero-order valence-electron chi connectivity index (χ0n) is 33.7. The SMILES string of the molecule is CC/C=C\C/C=C\C/C=C\C/C=C\C/C=C\C/C=C\CCCOCC(COP(=O)([O-])OCC[N+](C)(C)C)OC(=O)CCCCCCCCCCCC. The fourth-order valence-corrected chi connectivity index (χ4v) is 5.64. The Morgan fingerprint density at radius 2 is 1.10 bits per heavy atom. The van der Waals surface area contributed by atoms with Gasteiger partial charge in [0.1, 0.15) is 19.3 Å². The Morgan fingerprint density at radius 3 is 1.60 bits per heavy atom. The number of esters is 1. The molecule has 0 aromatic carbocycles. The third-order valence-corrected chi connectivity index (χ3v) is 8.99. The summed E-state index contributed by atoms with van der Waals surface area (Å²) in [4.78, 5) is 24.9. The van der Waals surface area contributed by atoms with E-state index in [0.29, 0.717) is 24.1 Å². The van der Waals surface area contributed by atoms with E-state index < -0.39 is 13.9 Å². The largest absolute Gasteiger partial charge is 0.756 e. The predicted octanol–water partition coefficient (Wildman–Crippen LogP) is 10.9. The number of likely N-dealkylation sites (N-methyl/N-ethyl adjacent to an activating group) is 1. The van der Waals surface area contributed by atoms with Crippen molar-refractivity contribution in [3.8, 4) is 0 Å². The Hall–Kier alpha value is -2.06. The molecule has 0 aliphatic heterocycles. The fourth-order valence-electron chi connectivity index (χ4n) is 4.91. The summed E-state index contributed by atoms with van der Waals surface area (Å²) in [5.41, 5.74) is 0. The van der Waals surface area contributed by atoms with Gasteiger partial charge in [0, 0.05) is 13.0 Å². The molecule has 0 aliphatic carbocycles. The molecule has 8 nitrogen and oxygen atoms in total. The molecule has 0 aromatic heterocycles. The van der Waals surface area contributed by atoms with Gasteiger partial charge in [0.15, 0.2) is 0 Å². The third kappa shape index (κ3) is 39.2. The predicted molar refractivity (Wildman–Crippen MR) is 217 cm³/mol. The summed E-state index contributed by atoms with van der Waals surface area (Å²) in [6.07, 6.45) is 45.0. The van der Waals surface area contributed by atoms with Crippen LogP contribution in [-0.2, 0) is 27.9 Å². The lowest BCUT2D eigenvalue weighted by Gasteiger charge is -2.28. The molecule has 0 saturated heterocycles. The van der Waals surface area contributed by atoms with E-state index >= 15 is 0 Å². The molecule has 300 valence electrons. The third-order valence-electron chi connectivity index (χ3n) is 8.02. The summed E-state index contributed by atoms with van der Waals surface area (Å²) in [5, 5.41) is 0. The van der Waals surface area contributed by atoms with Crippen molar-refractivity contribution in [3.63, 3.8) is 0 Å². The van der Waals surface area contributed by atoms with Crippen molar-refractivity contribution in [2.75, 3.05) is 54.1 Å². The van der Waals surface area contributed by atoms with Crippen LogP contribution in [0.15, 0.2) is 72.9 Å². The lowest BCUT2D eigenvalue weighted by Crippen LogP contribution is -2.37.